The molecule has 4 heterocycles. The lowest BCUT2D eigenvalue weighted by Crippen LogP contribution is -2.44. The van der Waals surface area contributed by atoms with Gasteiger partial charge in [0.1, 0.15) is 17.8 Å². The molecule has 2 saturated heterocycles. The molecule has 46 heavy (non-hydrogen) atoms. The van der Waals surface area contributed by atoms with E-state index in [2.05, 4.69) is 37.3 Å². The van der Waals surface area contributed by atoms with Crippen LogP contribution in [-0.4, -0.2) is 62.7 Å². The molecular weight excluding hydrogens is 647 g/mol. The number of carbonyl (C=O) groups excluding carboxylic acids is 2. The van der Waals surface area contributed by atoms with Crippen molar-refractivity contribution in [3.05, 3.63) is 58.3 Å². The number of nitrogen functional groups attached to an aromatic ring is 1. The molecule has 0 spiro atoms. The molecule has 2 atom stereocenters. The lowest BCUT2D eigenvalue weighted by atomic mass is 9.70. The lowest BCUT2D eigenvalue weighted by molar-refractivity contribution is -0.134. The van der Waals surface area contributed by atoms with Crippen molar-refractivity contribution in [2.45, 2.75) is 77.4 Å². The second-order valence-corrected chi connectivity index (χ2v) is 14.2. The van der Waals surface area contributed by atoms with Gasteiger partial charge >= 0.3 is 7.12 Å². The van der Waals surface area contributed by atoms with Crippen LogP contribution in [0.1, 0.15) is 64.9 Å². The van der Waals surface area contributed by atoms with Gasteiger partial charge in [-0.05, 0) is 111 Å². The minimum atomic E-state index is -0.629. The lowest BCUT2D eigenvalue weighted by Gasteiger charge is -2.35. The Labute approximate surface area is 279 Å². The molecule has 1 aromatic carbocycles. The summed E-state index contributed by atoms with van der Waals surface area (Å²) < 4.78 is 15.8. The average molecular weight is 689 g/mol. The van der Waals surface area contributed by atoms with Crippen molar-refractivity contribution in [1.29, 1.82) is 0 Å². The number of carbonyl (C=O) groups is 2. The van der Waals surface area contributed by atoms with Gasteiger partial charge in [0, 0.05) is 37.3 Å². The first-order valence-electron chi connectivity index (χ1n) is 16.0. The third-order valence-electron chi connectivity index (χ3n) is 10.0. The highest BCUT2D eigenvalue weighted by Crippen LogP contribution is 2.44. The number of anilines is 2. The van der Waals surface area contributed by atoms with Crippen molar-refractivity contribution in [3.63, 3.8) is 0 Å². The largest absolute Gasteiger partial charge is 0.490 e. The Morgan fingerprint density at radius 2 is 1.96 bits per heavy atom. The number of hydrogen-bond donors (Lipinski definition) is 2. The van der Waals surface area contributed by atoms with Crippen LogP contribution in [0.2, 0.25) is 0 Å². The van der Waals surface area contributed by atoms with Crippen molar-refractivity contribution >= 4 is 57.4 Å². The quantitative estimate of drug-likeness (QED) is 0.226. The maximum Gasteiger partial charge on any atom is 0.490 e. The van der Waals surface area contributed by atoms with Crippen molar-refractivity contribution in [1.82, 2.24) is 19.4 Å². The van der Waals surface area contributed by atoms with Gasteiger partial charge in [0.15, 0.2) is 0 Å². The number of likely N-dealkylation sites (tertiary alicyclic amines) is 1. The third kappa shape index (κ3) is 6.02. The van der Waals surface area contributed by atoms with Crippen LogP contribution in [0, 0.1) is 12.8 Å². The zero-order valence-electron chi connectivity index (χ0n) is 27.2. The van der Waals surface area contributed by atoms with Crippen molar-refractivity contribution < 1.29 is 18.9 Å². The molecule has 3 N–H and O–H groups in total. The van der Waals surface area contributed by atoms with Crippen molar-refractivity contribution in [2.24, 2.45) is 13.0 Å². The monoisotopic (exact) mass is 688 g/mol. The predicted molar refractivity (Wildman–Crippen MR) is 185 cm³/mol. The van der Waals surface area contributed by atoms with Crippen LogP contribution in [0.25, 0.3) is 22.3 Å². The molecule has 1 aliphatic carbocycles. The summed E-state index contributed by atoms with van der Waals surface area (Å²) in [6, 6.07) is 5.82. The normalized spacial score (nSPS) is 23.0. The van der Waals surface area contributed by atoms with Gasteiger partial charge in [-0.1, -0.05) is 18.2 Å². The van der Waals surface area contributed by atoms with E-state index in [0.717, 1.165) is 83.0 Å². The second-order valence-electron chi connectivity index (χ2n) is 13.4. The molecule has 2 fully saturated rings. The first-order valence-corrected chi connectivity index (χ1v) is 16.8. The fourth-order valence-corrected chi connectivity index (χ4v) is 7.69. The number of hydrogen-bond acceptors (Lipinski definition) is 7. The summed E-state index contributed by atoms with van der Waals surface area (Å²) in [6.07, 6.45) is 12.1. The molecule has 3 aromatic rings. The van der Waals surface area contributed by atoms with Crippen LogP contribution in [0.5, 0.6) is 0 Å². The number of nitrogens with zero attached hydrogens (tertiary/aromatic N) is 4. The summed E-state index contributed by atoms with van der Waals surface area (Å²) in [7, 11) is 1.49. The molecule has 0 radical (unpaired) electrons. The number of nitrogens with one attached hydrogen (secondary N) is 1. The van der Waals surface area contributed by atoms with E-state index >= 15 is 0 Å². The Morgan fingerprint density at radius 3 is 2.63 bits per heavy atom. The molecule has 12 heteroatoms. The van der Waals surface area contributed by atoms with Crippen LogP contribution in [0.4, 0.5) is 11.5 Å². The van der Waals surface area contributed by atoms with Gasteiger partial charge in [0.25, 0.3) is 0 Å². The molecular formula is C34H42BBrN6O4. The smallest absolute Gasteiger partial charge is 0.400 e. The Kier molecular flexibility index (Phi) is 8.90. The maximum absolute atomic E-state index is 12.9. The van der Waals surface area contributed by atoms with E-state index in [9.17, 15) is 9.59 Å². The van der Waals surface area contributed by atoms with E-state index in [1.54, 1.807) is 6.08 Å². The number of nitrogens with two attached hydrogens (primary N) is 1. The molecule has 2 aliphatic heterocycles. The van der Waals surface area contributed by atoms with Gasteiger partial charge in [0.2, 0.25) is 11.8 Å². The van der Waals surface area contributed by atoms with Crippen LogP contribution in [0.15, 0.2) is 52.7 Å². The summed E-state index contributed by atoms with van der Waals surface area (Å²) in [4.78, 5) is 36.3. The van der Waals surface area contributed by atoms with Gasteiger partial charge in [-0.15, -0.1) is 0 Å². The Morgan fingerprint density at radius 1 is 1.20 bits per heavy atom. The molecule has 3 aliphatic rings. The van der Waals surface area contributed by atoms with Gasteiger partial charge in [0.05, 0.1) is 26.8 Å². The summed E-state index contributed by atoms with van der Waals surface area (Å²) in [5.74, 6) is 0.541. The molecule has 242 valence electrons. The molecule has 2 aromatic heterocycles. The van der Waals surface area contributed by atoms with Crippen LogP contribution in [0.3, 0.4) is 0 Å². The van der Waals surface area contributed by atoms with Crippen molar-refractivity contribution in [2.75, 3.05) is 24.1 Å². The highest BCUT2D eigenvalue weighted by atomic mass is 79.9. The Balaban J connectivity index is 1.07. The summed E-state index contributed by atoms with van der Waals surface area (Å²) in [5, 5.41) is 3.75. The zero-order valence-corrected chi connectivity index (χ0v) is 28.8. The summed E-state index contributed by atoms with van der Waals surface area (Å²) in [6.45, 7) is 9.88. The number of benzene rings is 1. The first-order chi connectivity index (χ1) is 21.9. The highest BCUT2D eigenvalue weighted by Gasteiger charge is 2.54. The molecule has 6 rings (SSSR count). The predicted octanol–water partition coefficient (Wildman–Crippen LogP) is 6.13. The van der Waals surface area contributed by atoms with Crippen LogP contribution < -0.4 is 11.1 Å². The van der Waals surface area contributed by atoms with Gasteiger partial charge in [-0.3, -0.25) is 9.59 Å². The maximum atomic E-state index is 12.9. The SMILES string of the molecule is Cc1cc(NC(=O)/C=C/CC2(C)OB(C3=CC[C@H](C(=O)N4CCCC4)CC3)OC2(C)C)ccc1-c1c(Br)c2c(N)ncnc2n1C. The highest BCUT2D eigenvalue weighted by molar-refractivity contribution is 9.10. The number of aryl methyl sites for hydroxylation is 2. The van der Waals surface area contributed by atoms with E-state index in [4.69, 9.17) is 15.0 Å². The Hall–Kier alpha value is -3.48. The van der Waals surface area contributed by atoms with Gasteiger partial charge in [-0.25, -0.2) is 9.97 Å². The van der Waals surface area contributed by atoms with Gasteiger partial charge < -0.3 is 29.8 Å². The molecule has 0 saturated carbocycles. The van der Waals surface area contributed by atoms with Gasteiger partial charge in [-0.2, -0.15) is 0 Å². The van der Waals surface area contributed by atoms with E-state index in [1.165, 1.54) is 6.33 Å². The topological polar surface area (TPSA) is 125 Å². The average Bonchev–Trinajstić information content (AvgIpc) is 3.70. The van der Waals surface area contributed by atoms with E-state index in [-0.39, 0.29) is 11.8 Å². The number of fused-ring (bicyclic) bond motifs is 1. The molecule has 10 nitrogen and oxygen atoms in total. The minimum Gasteiger partial charge on any atom is -0.400 e. The van der Waals surface area contributed by atoms with Crippen molar-refractivity contribution in [3.8, 4) is 11.3 Å². The number of aromatic nitrogens is 3. The number of halogens is 1. The number of allylic oxidation sites excluding steroid dienone is 2. The number of rotatable bonds is 7. The minimum absolute atomic E-state index is 0.0541. The van der Waals surface area contributed by atoms with E-state index < -0.39 is 18.3 Å². The summed E-state index contributed by atoms with van der Waals surface area (Å²) >= 11 is 3.70. The van der Waals surface area contributed by atoms with Crippen LogP contribution >= 0.6 is 15.9 Å². The molecule has 0 bridgehead atoms. The molecule has 1 unspecified atom stereocenters. The zero-order chi connectivity index (χ0) is 32.8. The van der Waals surface area contributed by atoms with E-state index in [0.29, 0.717) is 23.8 Å². The standard InChI is InChI=1S/C34H42BBrN6O4/c1-21-19-24(14-15-25(21)29-28(36)27-30(37)38-20-39-31(27)41(29)5)40-26(43)9-8-16-34(4)33(2,3)45-35(46-34)23-12-10-22(11-13-23)32(44)42-17-6-7-18-42/h8-9,12,14-15,19-20,22H,6-7,10-11,13,16-18H2,1-5H3,(H,40,43)(H2,37,38,39)/b9-8+/t22-,34?/m0/s1. The fourth-order valence-electron chi connectivity index (χ4n) is 6.83. The fraction of sp³-hybridized carbons (Fsp3) is 0.471. The summed E-state index contributed by atoms with van der Waals surface area (Å²) in [5.41, 5.74) is 10.4. The Bertz CT molecular complexity index is 1750. The molecule has 2 amide bonds. The number of amides is 2. The van der Waals surface area contributed by atoms with Crippen LogP contribution in [-0.2, 0) is 25.9 Å². The third-order valence-corrected chi connectivity index (χ3v) is 10.8. The second kappa shape index (κ2) is 12.6. The van der Waals surface area contributed by atoms with E-state index in [1.807, 2.05) is 68.5 Å². The first kappa shape index (κ1) is 32.5.